The Bertz CT molecular complexity index is 1200. The molecule has 1 aromatic heterocycles. The molecule has 1 saturated carbocycles. The number of amides is 1. The zero-order chi connectivity index (χ0) is 30.1. The number of hydrogen-bond donors (Lipinski definition) is 1. The number of carbonyl (C=O) groups excluding carboxylic acids is 3. The van der Waals surface area contributed by atoms with Gasteiger partial charge in [0.25, 0.3) is 5.91 Å². The summed E-state index contributed by atoms with van der Waals surface area (Å²) in [5.41, 5.74) is 1.23. The van der Waals surface area contributed by atoms with E-state index in [9.17, 15) is 14.4 Å². The zero-order valence-corrected chi connectivity index (χ0v) is 25.2. The van der Waals surface area contributed by atoms with Crippen LogP contribution in [-0.2, 0) is 25.5 Å². The van der Waals surface area contributed by atoms with Gasteiger partial charge in [-0.15, -0.1) is 0 Å². The molecule has 2 aliphatic rings. The van der Waals surface area contributed by atoms with Crippen LogP contribution < -0.4 is 14.8 Å². The topological polar surface area (TPSA) is 113 Å². The third-order valence-corrected chi connectivity index (χ3v) is 8.51. The highest BCUT2D eigenvalue weighted by molar-refractivity contribution is 5.98. The van der Waals surface area contributed by atoms with Gasteiger partial charge >= 0.3 is 11.9 Å². The first-order valence-electron chi connectivity index (χ1n) is 15.2. The summed E-state index contributed by atoms with van der Waals surface area (Å²) in [5, 5.41) is 2.84. The maximum atomic E-state index is 13.5. The number of aromatic nitrogens is 1. The fourth-order valence-corrected chi connectivity index (χ4v) is 6.45. The molecule has 2 heterocycles. The summed E-state index contributed by atoms with van der Waals surface area (Å²) >= 11 is 0. The Labute approximate surface area is 248 Å². The first-order valence-corrected chi connectivity index (χ1v) is 15.2. The fourth-order valence-electron chi connectivity index (χ4n) is 6.45. The van der Waals surface area contributed by atoms with Gasteiger partial charge in [-0.2, -0.15) is 0 Å². The van der Waals surface area contributed by atoms with Gasteiger partial charge in [-0.1, -0.05) is 76.3 Å². The van der Waals surface area contributed by atoms with Gasteiger partial charge < -0.3 is 24.3 Å². The summed E-state index contributed by atoms with van der Waals surface area (Å²) in [5.74, 6) is -0.347. The minimum atomic E-state index is -0.834. The summed E-state index contributed by atoms with van der Waals surface area (Å²) in [6.07, 6.45) is 9.01. The number of esters is 2. The van der Waals surface area contributed by atoms with Crippen molar-refractivity contribution in [1.82, 2.24) is 10.3 Å². The number of ether oxygens (including phenoxy) is 4. The lowest BCUT2D eigenvalue weighted by atomic mass is 9.73. The number of nitrogens with one attached hydrogen (secondary N) is 1. The van der Waals surface area contributed by atoms with Gasteiger partial charge in [-0.3, -0.25) is 9.59 Å². The predicted octanol–water partition coefficient (Wildman–Crippen LogP) is 5.51. The predicted molar refractivity (Wildman–Crippen MR) is 157 cm³/mol. The van der Waals surface area contributed by atoms with Gasteiger partial charge in [-0.05, 0) is 43.6 Å². The van der Waals surface area contributed by atoms with E-state index in [4.69, 9.17) is 18.9 Å². The molecule has 1 amide bonds. The third-order valence-electron chi connectivity index (χ3n) is 8.51. The number of carbonyl (C=O) groups is 3. The van der Waals surface area contributed by atoms with E-state index in [0.29, 0.717) is 18.3 Å². The molecule has 1 aromatic carbocycles. The standard InChI is InChI=1S/C33H44N2O7/c1-21(2)32(37)41-20-40-30-27(39-4)17-18-34-29(30)31(36)35-26-16-10-15-25(19-23-11-6-5-7-12-23)28(22(3)42-33(26)38)24-13-8-9-14-24/h5-7,11-12,17-18,21-22,24-26,28H,8-10,13-16,19-20H2,1-4H3,(H,35,36)/t22-,25+,26-,28+/m0/s1. The van der Waals surface area contributed by atoms with E-state index in [1.807, 2.05) is 13.0 Å². The van der Waals surface area contributed by atoms with Crippen LogP contribution in [-0.4, -0.2) is 48.9 Å². The van der Waals surface area contributed by atoms with Gasteiger partial charge in [0.15, 0.2) is 17.2 Å². The first kappa shape index (κ1) is 31.3. The Balaban J connectivity index is 1.50. The van der Waals surface area contributed by atoms with Crippen molar-refractivity contribution in [3.05, 3.63) is 53.9 Å². The number of pyridine rings is 1. The van der Waals surface area contributed by atoms with Gasteiger partial charge in [-0.25, -0.2) is 9.78 Å². The lowest BCUT2D eigenvalue weighted by Crippen LogP contribution is -2.44. The molecular weight excluding hydrogens is 536 g/mol. The highest BCUT2D eigenvalue weighted by atomic mass is 16.7. The molecule has 0 radical (unpaired) electrons. The quantitative estimate of drug-likeness (QED) is 0.289. The Hall–Kier alpha value is -3.62. The highest BCUT2D eigenvalue weighted by Crippen LogP contribution is 2.42. The normalized spacial score (nSPS) is 23.3. The van der Waals surface area contributed by atoms with Crippen molar-refractivity contribution < 1.29 is 33.3 Å². The number of hydrogen-bond acceptors (Lipinski definition) is 8. The van der Waals surface area contributed by atoms with Crippen molar-refractivity contribution in [2.24, 2.45) is 23.7 Å². The van der Waals surface area contributed by atoms with E-state index in [1.165, 1.54) is 31.7 Å². The van der Waals surface area contributed by atoms with Crippen LogP contribution in [0.5, 0.6) is 11.5 Å². The molecule has 4 atom stereocenters. The Morgan fingerprint density at radius 2 is 1.79 bits per heavy atom. The molecule has 1 saturated heterocycles. The van der Waals surface area contributed by atoms with Crippen LogP contribution in [0.3, 0.4) is 0 Å². The fraction of sp³-hybridized carbons (Fsp3) is 0.576. The number of cyclic esters (lactones) is 1. The van der Waals surface area contributed by atoms with Crippen LogP contribution in [0.25, 0.3) is 0 Å². The summed E-state index contributed by atoms with van der Waals surface area (Å²) < 4.78 is 22.2. The molecule has 42 heavy (non-hydrogen) atoms. The van der Waals surface area contributed by atoms with E-state index in [2.05, 4.69) is 34.6 Å². The minimum Gasteiger partial charge on any atom is -0.493 e. The Kier molecular flexibility index (Phi) is 11.2. The molecule has 0 bridgehead atoms. The van der Waals surface area contributed by atoms with Gasteiger partial charge in [0.2, 0.25) is 6.79 Å². The van der Waals surface area contributed by atoms with E-state index >= 15 is 0 Å². The van der Waals surface area contributed by atoms with Gasteiger partial charge in [0, 0.05) is 18.2 Å². The monoisotopic (exact) mass is 580 g/mol. The second-order valence-corrected chi connectivity index (χ2v) is 11.7. The molecule has 1 N–H and O–H groups in total. The minimum absolute atomic E-state index is 0.0306. The van der Waals surface area contributed by atoms with E-state index < -0.39 is 30.7 Å². The Morgan fingerprint density at radius 3 is 2.48 bits per heavy atom. The molecule has 9 heteroatoms. The summed E-state index contributed by atoms with van der Waals surface area (Å²) in [7, 11) is 1.44. The van der Waals surface area contributed by atoms with Crippen molar-refractivity contribution in [3.63, 3.8) is 0 Å². The maximum Gasteiger partial charge on any atom is 0.328 e. The van der Waals surface area contributed by atoms with Crippen LogP contribution in [0.2, 0.25) is 0 Å². The highest BCUT2D eigenvalue weighted by Gasteiger charge is 2.39. The Morgan fingerprint density at radius 1 is 1.05 bits per heavy atom. The van der Waals surface area contributed by atoms with Crippen molar-refractivity contribution in [2.45, 2.75) is 84.3 Å². The molecule has 0 spiro atoms. The largest absolute Gasteiger partial charge is 0.493 e. The summed E-state index contributed by atoms with van der Waals surface area (Å²) in [6, 6.07) is 11.2. The van der Waals surface area contributed by atoms with Crippen LogP contribution in [0.4, 0.5) is 0 Å². The van der Waals surface area contributed by atoms with E-state index in [0.717, 1.165) is 32.1 Å². The summed E-state index contributed by atoms with van der Waals surface area (Å²) in [6.45, 7) is 5.02. The maximum absolute atomic E-state index is 13.5. The lowest BCUT2D eigenvalue weighted by Gasteiger charge is -2.35. The zero-order valence-electron chi connectivity index (χ0n) is 25.2. The van der Waals surface area contributed by atoms with Crippen LogP contribution in [0.15, 0.2) is 42.6 Å². The van der Waals surface area contributed by atoms with Crippen LogP contribution in [0, 0.1) is 23.7 Å². The second kappa shape index (κ2) is 15.0. The van der Waals surface area contributed by atoms with Crippen molar-refractivity contribution in [2.75, 3.05) is 13.9 Å². The van der Waals surface area contributed by atoms with Gasteiger partial charge in [0.05, 0.1) is 13.0 Å². The molecule has 1 aliphatic carbocycles. The van der Waals surface area contributed by atoms with Crippen molar-refractivity contribution >= 4 is 17.8 Å². The smallest absolute Gasteiger partial charge is 0.328 e. The van der Waals surface area contributed by atoms with E-state index in [-0.39, 0.29) is 35.1 Å². The summed E-state index contributed by atoms with van der Waals surface area (Å²) in [4.78, 5) is 43.0. The number of rotatable bonds is 10. The molecule has 2 aromatic rings. The van der Waals surface area contributed by atoms with E-state index in [1.54, 1.807) is 19.9 Å². The first-order chi connectivity index (χ1) is 20.3. The lowest BCUT2D eigenvalue weighted by molar-refractivity contribution is -0.155. The molecule has 228 valence electrons. The average Bonchev–Trinajstić information content (AvgIpc) is 3.51. The molecule has 1 aliphatic heterocycles. The van der Waals surface area contributed by atoms with Crippen LogP contribution >= 0.6 is 0 Å². The van der Waals surface area contributed by atoms with Crippen molar-refractivity contribution in [3.8, 4) is 11.5 Å². The third kappa shape index (κ3) is 8.01. The molecule has 2 fully saturated rings. The number of methoxy groups -OCH3 is 1. The van der Waals surface area contributed by atoms with Gasteiger partial charge in [0.1, 0.15) is 12.1 Å². The second-order valence-electron chi connectivity index (χ2n) is 11.7. The molecule has 9 nitrogen and oxygen atoms in total. The SMILES string of the molecule is COc1ccnc(C(=O)N[C@H]2CCC[C@H](Cc3ccccc3)[C@@H](C3CCCC3)[C@H](C)OC2=O)c1OCOC(=O)C(C)C. The molecule has 0 unspecified atom stereocenters. The number of benzene rings is 1. The average molecular weight is 581 g/mol. The van der Waals surface area contributed by atoms with Crippen LogP contribution in [0.1, 0.15) is 81.8 Å². The molecule has 4 rings (SSSR count). The molecular formula is C33H44N2O7. The number of nitrogens with zero attached hydrogens (tertiary/aromatic N) is 1. The van der Waals surface area contributed by atoms with Crippen molar-refractivity contribution in [1.29, 1.82) is 0 Å².